The van der Waals surface area contributed by atoms with Gasteiger partial charge in [-0.3, -0.25) is 9.69 Å². The van der Waals surface area contributed by atoms with E-state index >= 15 is 0 Å². The van der Waals surface area contributed by atoms with Crippen molar-refractivity contribution in [3.05, 3.63) is 33.2 Å². The van der Waals surface area contributed by atoms with E-state index in [-0.39, 0.29) is 11.9 Å². The first-order chi connectivity index (χ1) is 14.2. The van der Waals surface area contributed by atoms with E-state index < -0.39 is 12.7 Å². The number of hydrogen-bond acceptors (Lipinski definition) is 6. The van der Waals surface area contributed by atoms with Crippen LogP contribution in [0.4, 0.5) is 19.0 Å². The average Bonchev–Trinajstić information content (AvgIpc) is 3.10. The van der Waals surface area contributed by atoms with Crippen molar-refractivity contribution >= 4 is 23.1 Å². The van der Waals surface area contributed by atoms with Gasteiger partial charge >= 0.3 is 6.18 Å². The number of alkyl halides is 3. The molecule has 1 saturated carbocycles. The average molecular weight is 443 g/mol. The number of thiophene rings is 1. The lowest BCUT2D eigenvalue weighted by atomic mass is 10.0. The van der Waals surface area contributed by atoms with Crippen molar-refractivity contribution in [1.29, 1.82) is 0 Å². The molecule has 164 valence electrons. The number of rotatable bonds is 6. The smallest absolute Gasteiger partial charge is 0.360 e. The lowest BCUT2D eigenvalue weighted by Crippen LogP contribution is -2.46. The topological polar surface area (TPSA) is 70.4 Å². The molecule has 4 rings (SSSR count). The van der Waals surface area contributed by atoms with E-state index in [1.807, 2.05) is 13.0 Å². The zero-order valence-electron chi connectivity index (χ0n) is 16.9. The zero-order valence-corrected chi connectivity index (χ0v) is 17.7. The van der Waals surface area contributed by atoms with Gasteiger partial charge in [0, 0.05) is 28.9 Å². The summed E-state index contributed by atoms with van der Waals surface area (Å²) in [6, 6.07) is 4.19. The van der Waals surface area contributed by atoms with E-state index in [0.29, 0.717) is 41.5 Å². The van der Waals surface area contributed by atoms with Crippen LogP contribution in [0.5, 0.6) is 0 Å². The normalized spacial score (nSPS) is 23.0. The molecule has 1 saturated heterocycles. The van der Waals surface area contributed by atoms with Crippen LogP contribution in [-0.2, 0) is 0 Å². The van der Waals surface area contributed by atoms with Crippen LogP contribution in [0.15, 0.2) is 16.7 Å². The summed E-state index contributed by atoms with van der Waals surface area (Å²) < 4.78 is 42.5. The highest BCUT2D eigenvalue weighted by Gasteiger charge is 2.42. The van der Waals surface area contributed by atoms with E-state index in [1.54, 1.807) is 13.0 Å². The van der Waals surface area contributed by atoms with Gasteiger partial charge in [-0.05, 0) is 57.8 Å². The number of carbonyl (C=O) groups excluding carboxylic acids is 1. The highest BCUT2D eigenvalue weighted by atomic mass is 32.1. The third kappa shape index (κ3) is 5.22. The van der Waals surface area contributed by atoms with Gasteiger partial charge in [0.05, 0.1) is 11.4 Å². The van der Waals surface area contributed by atoms with Gasteiger partial charge in [-0.15, -0.1) is 11.3 Å². The van der Waals surface area contributed by atoms with Crippen molar-refractivity contribution in [3.8, 4) is 0 Å². The molecule has 2 fully saturated rings. The third-order valence-corrected chi connectivity index (χ3v) is 6.74. The predicted molar refractivity (Wildman–Crippen MR) is 108 cm³/mol. The minimum Gasteiger partial charge on any atom is -0.360 e. The molecular formula is C20H25F3N4O2S. The lowest BCUT2D eigenvalue weighted by molar-refractivity contribution is -0.148. The van der Waals surface area contributed by atoms with Crippen LogP contribution >= 0.6 is 11.3 Å². The van der Waals surface area contributed by atoms with Crippen LogP contribution in [0.3, 0.4) is 0 Å². The van der Waals surface area contributed by atoms with Crippen molar-refractivity contribution in [2.24, 2.45) is 0 Å². The molecule has 0 radical (unpaired) electrons. The first-order valence-electron chi connectivity index (χ1n) is 10.1. The SMILES string of the molecule is Cc1cc(NC(=O)c2cc(C3CC3NC3CCN(CC(F)(F)F)CC3)c(C)s2)no1. The molecular weight excluding hydrogens is 417 g/mol. The molecule has 2 atom stereocenters. The number of likely N-dealkylation sites (tertiary alicyclic amines) is 1. The second-order valence-corrected chi connectivity index (χ2v) is 9.44. The number of halogens is 3. The second-order valence-electron chi connectivity index (χ2n) is 8.18. The number of aromatic nitrogens is 1. The Morgan fingerprint density at radius 2 is 2.03 bits per heavy atom. The lowest BCUT2D eigenvalue weighted by Gasteiger charge is -2.33. The molecule has 1 aliphatic carbocycles. The van der Waals surface area contributed by atoms with Crippen LogP contribution in [0.1, 0.15) is 51.1 Å². The molecule has 1 aliphatic heterocycles. The molecule has 6 nitrogen and oxygen atoms in total. The summed E-state index contributed by atoms with van der Waals surface area (Å²) in [5.74, 6) is 1.17. The number of amides is 1. The molecule has 2 aliphatic rings. The fourth-order valence-electron chi connectivity index (χ4n) is 4.12. The first-order valence-corrected chi connectivity index (χ1v) is 10.9. The Hall–Kier alpha value is -1.91. The Balaban J connectivity index is 1.28. The van der Waals surface area contributed by atoms with E-state index in [4.69, 9.17) is 4.52 Å². The monoisotopic (exact) mass is 442 g/mol. The van der Waals surface area contributed by atoms with Gasteiger partial charge in [0.2, 0.25) is 0 Å². The van der Waals surface area contributed by atoms with E-state index in [1.165, 1.54) is 21.8 Å². The van der Waals surface area contributed by atoms with Gasteiger partial charge in [0.15, 0.2) is 5.82 Å². The van der Waals surface area contributed by atoms with Crippen molar-refractivity contribution in [2.45, 2.75) is 57.3 Å². The van der Waals surface area contributed by atoms with Crippen LogP contribution in [-0.4, -0.2) is 53.9 Å². The van der Waals surface area contributed by atoms with Gasteiger partial charge in [0.25, 0.3) is 5.91 Å². The van der Waals surface area contributed by atoms with Crippen molar-refractivity contribution in [3.63, 3.8) is 0 Å². The molecule has 10 heteroatoms. The van der Waals surface area contributed by atoms with E-state index in [9.17, 15) is 18.0 Å². The van der Waals surface area contributed by atoms with Gasteiger partial charge in [-0.1, -0.05) is 5.16 Å². The van der Waals surface area contributed by atoms with Gasteiger partial charge in [0.1, 0.15) is 5.76 Å². The molecule has 2 aromatic rings. The highest BCUT2D eigenvalue weighted by Crippen LogP contribution is 2.45. The second kappa shape index (κ2) is 8.32. The largest absolute Gasteiger partial charge is 0.401 e. The fraction of sp³-hybridized carbons (Fsp3) is 0.600. The number of aryl methyl sites for hydroxylation is 2. The highest BCUT2D eigenvalue weighted by molar-refractivity contribution is 7.14. The maximum atomic E-state index is 12.5. The maximum Gasteiger partial charge on any atom is 0.401 e. The summed E-state index contributed by atoms with van der Waals surface area (Å²) in [7, 11) is 0. The number of nitrogens with one attached hydrogen (secondary N) is 2. The molecule has 2 N–H and O–H groups in total. The Morgan fingerprint density at radius 3 is 2.67 bits per heavy atom. The molecule has 0 spiro atoms. The van der Waals surface area contributed by atoms with Crippen LogP contribution in [0.25, 0.3) is 0 Å². The van der Waals surface area contributed by atoms with E-state index in [0.717, 1.165) is 24.1 Å². The molecule has 0 aromatic carbocycles. The summed E-state index contributed by atoms with van der Waals surface area (Å²) in [4.78, 5) is 15.7. The van der Waals surface area contributed by atoms with Crippen LogP contribution in [0, 0.1) is 13.8 Å². The molecule has 0 bridgehead atoms. The minimum atomic E-state index is -4.13. The summed E-state index contributed by atoms with van der Waals surface area (Å²) in [6.45, 7) is 3.90. The molecule has 1 amide bonds. The molecule has 30 heavy (non-hydrogen) atoms. The minimum absolute atomic E-state index is 0.204. The Kier molecular flexibility index (Phi) is 5.91. The number of anilines is 1. The Bertz CT molecular complexity index is 902. The van der Waals surface area contributed by atoms with Crippen LogP contribution < -0.4 is 10.6 Å². The molecule has 2 unspecified atom stereocenters. The van der Waals surface area contributed by atoms with Gasteiger partial charge < -0.3 is 15.2 Å². The van der Waals surface area contributed by atoms with Crippen molar-refractivity contribution < 1.29 is 22.5 Å². The van der Waals surface area contributed by atoms with Crippen LogP contribution in [0.2, 0.25) is 0 Å². The summed E-state index contributed by atoms with van der Waals surface area (Å²) in [5, 5.41) is 10.1. The molecule has 3 heterocycles. The third-order valence-electron chi connectivity index (χ3n) is 5.68. The van der Waals surface area contributed by atoms with E-state index in [2.05, 4.69) is 15.8 Å². The summed E-state index contributed by atoms with van der Waals surface area (Å²) >= 11 is 1.46. The Labute approximate surface area is 176 Å². The Morgan fingerprint density at radius 1 is 1.30 bits per heavy atom. The standard InChI is InChI=1S/C20H25F3N4O2S/c1-11-7-18(26-29-11)25-19(28)17-9-14(12(2)30-17)15-8-16(15)24-13-3-5-27(6-4-13)10-20(21,22)23/h7,9,13,15-16,24H,3-6,8,10H2,1-2H3,(H,25,26,28). The number of hydrogen-bond donors (Lipinski definition) is 2. The maximum absolute atomic E-state index is 12.5. The predicted octanol–water partition coefficient (Wildman–Crippen LogP) is 4.08. The summed E-state index contributed by atoms with van der Waals surface area (Å²) in [5.41, 5.74) is 1.17. The van der Waals surface area contributed by atoms with Gasteiger partial charge in [-0.2, -0.15) is 13.2 Å². The van der Waals surface area contributed by atoms with Crippen molar-refractivity contribution in [1.82, 2.24) is 15.4 Å². The fourth-order valence-corrected chi connectivity index (χ4v) is 5.10. The summed E-state index contributed by atoms with van der Waals surface area (Å²) in [6.07, 6.45) is -1.68. The first kappa shape index (κ1) is 21.3. The molecule has 2 aromatic heterocycles. The number of piperidine rings is 1. The van der Waals surface area contributed by atoms with Gasteiger partial charge in [-0.25, -0.2) is 0 Å². The number of nitrogens with zero attached hydrogens (tertiary/aromatic N) is 2. The zero-order chi connectivity index (χ0) is 21.5. The number of carbonyl (C=O) groups is 1. The van der Waals surface area contributed by atoms with Crippen molar-refractivity contribution in [2.75, 3.05) is 25.0 Å². The quantitative estimate of drug-likeness (QED) is 0.706.